The highest BCUT2D eigenvalue weighted by Gasteiger charge is 2.37. The van der Waals surface area contributed by atoms with Gasteiger partial charge in [0.15, 0.2) is 6.30 Å². The van der Waals surface area contributed by atoms with Gasteiger partial charge in [-0.15, -0.1) is 0 Å². The Morgan fingerprint density at radius 2 is 2.06 bits per heavy atom. The third kappa shape index (κ3) is 2.55. The van der Waals surface area contributed by atoms with E-state index >= 15 is 0 Å². The van der Waals surface area contributed by atoms with E-state index in [0.717, 1.165) is 26.1 Å². The van der Waals surface area contributed by atoms with Crippen LogP contribution in [0.2, 0.25) is 0 Å². The average Bonchev–Trinajstić information content (AvgIpc) is 2.29. The molecule has 94 valence electrons. The molecule has 2 rings (SSSR count). The van der Waals surface area contributed by atoms with E-state index in [9.17, 15) is 4.39 Å². The van der Waals surface area contributed by atoms with E-state index in [0.29, 0.717) is 30.3 Å². The first-order valence-electron chi connectivity index (χ1n) is 6.33. The predicted octanol–water partition coefficient (Wildman–Crippen LogP) is 1.15. The highest BCUT2D eigenvalue weighted by atomic mass is 19.1. The molecular weight excluding hydrogens is 207 g/mol. The van der Waals surface area contributed by atoms with Crippen LogP contribution in [0.15, 0.2) is 0 Å². The summed E-state index contributed by atoms with van der Waals surface area (Å²) in [5, 5.41) is 6.32. The molecule has 5 atom stereocenters. The quantitative estimate of drug-likeness (QED) is 0.698. The summed E-state index contributed by atoms with van der Waals surface area (Å²) in [5.41, 5.74) is 0. The van der Waals surface area contributed by atoms with E-state index < -0.39 is 6.30 Å². The van der Waals surface area contributed by atoms with Crippen LogP contribution >= 0.6 is 0 Å². The molecule has 0 aliphatic carbocycles. The lowest BCUT2D eigenvalue weighted by molar-refractivity contribution is -0.0199. The lowest BCUT2D eigenvalue weighted by atomic mass is 9.73. The smallest absolute Gasteiger partial charge is 0.151 e. The molecule has 0 bridgehead atoms. The second-order valence-electron chi connectivity index (χ2n) is 5.18. The molecular formula is C12H23FN2O. The fraction of sp³-hybridized carbons (Fsp3) is 1.00. The number of hydrogen-bond acceptors (Lipinski definition) is 3. The van der Waals surface area contributed by atoms with Gasteiger partial charge in [0.1, 0.15) is 0 Å². The largest absolute Gasteiger partial charge is 0.380 e. The molecule has 2 aliphatic rings. The van der Waals surface area contributed by atoms with Gasteiger partial charge in [-0.1, -0.05) is 6.92 Å². The molecule has 2 aliphatic heterocycles. The van der Waals surface area contributed by atoms with Gasteiger partial charge in [0.2, 0.25) is 0 Å². The molecule has 0 aromatic heterocycles. The van der Waals surface area contributed by atoms with E-state index in [1.165, 1.54) is 0 Å². The summed E-state index contributed by atoms with van der Waals surface area (Å²) in [6, 6.07) is 0. The van der Waals surface area contributed by atoms with Crippen molar-refractivity contribution in [2.24, 2.45) is 17.8 Å². The number of piperidine rings is 2. The van der Waals surface area contributed by atoms with Crippen molar-refractivity contribution in [2.75, 3.05) is 26.7 Å². The standard InChI is InChI=1S/C12H23FN2O/c1-8-5-12(13)15-6-10(8)9-3-4-14-7-11(9)16-2/h8-12,14-15H,3-7H2,1-2H3. The van der Waals surface area contributed by atoms with Crippen molar-refractivity contribution in [2.45, 2.75) is 32.2 Å². The SMILES string of the molecule is COC1CNCCC1C1CNC(F)CC1C. The van der Waals surface area contributed by atoms with Crippen LogP contribution in [0, 0.1) is 17.8 Å². The van der Waals surface area contributed by atoms with Crippen molar-refractivity contribution < 1.29 is 9.13 Å². The van der Waals surface area contributed by atoms with Crippen LogP contribution in [-0.2, 0) is 4.74 Å². The second kappa shape index (κ2) is 5.43. The van der Waals surface area contributed by atoms with Gasteiger partial charge in [-0.05, 0) is 37.1 Å². The van der Waals surface area contributed by atoms with Crippen molar-refractivity contribution in [3.05, 3.63) is 0 Å². The summed E-state index contributed by atoms with van der Waals surface area (Å²) in [4.78, 5) is 0. The minimum Gasteiger partial charge on any atom is -0.380 e. The lowest BCUT2D eigenvalue weighted by Gasteiger charge is -2.42. The van der Waals surface area contributed by atoms with Gasteiger partial charge in [-0.3, -0.25) is 5.32 Å². The minimum absolute atomic E-state index is 0.291. The van der Waals surface area contributed by atoms with Crippen molar-refractivity contribution >= 4 is 0 Å². The molecule has 4 heteroatoms. The van der Waals surface area contributed by atoms with E-state index in [1.54, 1.807) is 7.11 Å². The van der Waals surface area contributed by atoms with Gasteiger partial charge in [-0.2, -0.15) is 0 Å². The Hall–Kier alpha value is -0.190. The average molecular weight is 230 g/mol. The Balaban J connectivity index is 1.98. The van der Waals surface area contributed by atoms with Crippen LogP contribution in [0.4, 0.5) is 4.39 Å². The van der Waals surface area contributed by atoms with E-state index in [-0.39, 0.29) is 0 Å². The third-order valence-corrected chi connectivity index (χ3v) is 4.21. The van der Waals surface area contributed by atoms with Crippen molar-refractivity contribution in [3.63, 3.8) is 0 Å². The molecule has 2 N–H and O–H groups in total. The highest BCUT2D eigenvalue weighted by molar-refractivity contribution is 4.89. The van der Waals surface area contributed by atoms with Gasteiger partial charge in [0.25, 0.3) is 0 Å². The summed E-state index contributed by atoms with van der Waals surface area (Å²) < 4.78 is 18.7. The number of halogens is 1. The van der Waals surface area contributed by atoms with Gasteiger partial charge >= 0.3 is 0 Å². The van der Waals surface area contributed by atoms with Crippen LogP contribution in [-0.4, -0.2) is 39.1 Å². The fourth-order valence-electron chi connectivity index (χ4n) is 3.22. The zero-order chi connectivity index (χ0) is 11.5. The van der Waals surface area contributed by atoms with Crippen LogP contribution < -0.4 is 10.6 Å². The van der Waals surface area contributed by atoms with Crippen LogP contribution in [0.25, 0.3) is 0 Å². The lowest BCUT2D eigenvalue weighted by Crippen LogP contribution is -2.51. The monoisotopic (exact) mass is 230 g/mol. The molecule has 0 radical (unpaired) electrons. The first-order chi connectivity index (χ1) is 7.72. The molecule has 2 heterocycles. The Morgan fingerprint density at radius 3 is 2.75 bits per heavy atom. The minimum atomic E-state index is -0.811. The Labute approximate surface area is 97.1 Å². The number of hydrogen-bond donors (Lipinski definition) is 2. The van der Waals surface area contributed by atoms with Gasteiger partial charge in [0.05, 0.1) is 6.10 Å². The first kappa shape index (κ1) is 12.3. The molecule has 0 aromatic carbocycles. The van der Waals surface area contributed by atoms with Crippen molar-refractivity contribution in [1.82, 2.24) is 10.6 Å². The van der Waals surface area contributed by atoms with Crippen LogP contribution in [0.5, 0.6) is 0 Å². The zero-order valence-corrected chi connectivity index (χ0v) is 10.2. The summed E-state index contributed by atoms with van der Waals surface area (Å²) >= 11 is 0. The predicted molar refractivity (Wildman–Crippen MR) is 61.9 cm³/mol. The Kier molecular flexibility index (Phi) is 4.16. The fourth-order valence-corrected chi connectivity index (χ4v) is 3.22. The second-order valence-corrected chi connectivity index (χ2v) is 5.18. The van der Waals surface area contributed by atoms with E-state index in [1.807, 2.05) is 0 Å². The Morgan fingerprint density at radius 1 is 1.25 bits per heavy atom. The molecule has 2 saturated heterocycles. The number of alkyl halides is 1. The number of rotatable bonds is 2. The summed E-state index contributed by atoms with van der Waals surface area (Å²) in [6.45, 7) is 4.97. The van der Waals surface area contributed by atoms with E-state index in [2.05, 4.69) is 17.6 Å². The zero-order valence-electron chi connectivity index (χ0n) is 10.2. The van der Waals surface area contributed by atoms with Gasteiger partial charge in [-0.25, -0.2) is 4.39 Å². The normalized spacial score (nSPS) is 45.6. The van der Waals surface area contributed by atoms with Crippen LogP contribution in [0.1, 0.15) is 19.8 Å². The highest BCUT2D eigenvalue weighted by Crippen LogP contribution is 2.34. The summed E-state index contributed by atoms with van der Waals surface area (Å²) in [7, 11) is 1.78. The third-order valence-electron chi connectivity index (χ3n) is 4.21. The number of nitrogens with one attached hydrogen (secondary N) is 2. The molecule has 0 amide bonds. The van der Waals surface area contributed by atoms with Crippen molar-refractivity contribution in [1.29, 1.82) is 0 Å². The molecule has 3 nitrogen and oxygen atoms in total. The maximum atomic E-state index is 13.2. The molecule has 5 unspecified atom stereocenters. The number of ether oxygens (including phenoxy) is 1. The Bertz CT molecular complexity index is 227. The molecule has 0 aromatic rings. The number of methoxy groups -OCH3 is 1. The maximum Gasteiger partial charge on any atom is 0.151 e. The molecule has 0 saturated carbocycles. The van der Waals surface area contributed by atoms with Gasteiger partial charge in [0, 0.05) is 20.2 Å². The molecule has 2 fully saturated rings. The summed E-state index contributed by atoms with van der Waals surface area (Å²) in [6.07, 6.45) is 1.27. The first-order valence-corrected chi connectivity index (χ1v) is 6.33. The maximum absolute atomic E-state index is 13.2. The molecule has 0 spiro atoms. The van der Waals surface area contributed by atoms with E-state index in [4.69, 9.17) is 4.74 Å². The van der Waals surface area contributed by atoms with Crippen LogP contribution in [0.3, 0.4) is 0 Å². The summed E-state index contributed by atoms with van der Waals surface area (Å²) in [5.74, 6) is 1.58. The topological polar surface area (TPSA) is 33.3 Å². The van der Waals surface area contributed by atoms with Crippen molar-refractivity contribution in [3.8, 4) is 0 Å². The van der Waals surface area contributed by atoms with Gasteiger partial charge < -0.3 is 10.1 Å². The molecule has 16 heavy (non-hydrogen) atoms.